The molecule has 3 aromatic carbocycles. The molecule has 1 aliphatic rings. The van der Waals surface area contributed by atoms with Crippen LogP contribution in [-0.4, -0.2) is 68.5 Å². The molecule has 4 aromatic rings. The third kappa shape index (κ3) is 6.84. The molecule has 1 amide bonds. The van der Waals surface area contributed by atoms with Crippen molar-refractivity contribution >= 4 is 16.8 Å². The average Bonchev–Trinajstić information content (AvgIpc) is 3.35. The number of carbonyl (C=O) groups excluding carboxylic acids is 1. The van der Waals surface area contributed by atoms with Crippen molar-refractivity contribution in [3.63, 3.8) is 0 Å². The Balaban J connectivity index is 1.41. The zero-order valence-electron chi connectivity index (χ0n) is 23.5. The number of morpholine rings is 1. The van der Waals surface area contributed by atoms with Gasteiger partial charge in [0.25, 0.3) is 0 Å². The third-order valence-corrected chi connectivity index (χ3v) is 7.54. The number of rotatable bonds is 12. The number of nitrogens with one attached hydrogen (secondary N) is 1. The molecule has 5 rings (SSSR count). The van der Waals surface area contributed by atoms with Crippen LogP contribution in [0, 0.1) is 0 Å². The van der Waals surface area contributed by atoms with Gasteiger partial charge in [-0.25, -0.2) is 0 Å². The van der Waals surface area contributed by atoms with Gasteiger partial charge in [-0.15, -0.1) is 0 Å². The first kappa shape index (κ1) is 27.7. The first-order valence-corrected chi connectivity index (χ1v) is 14.1. The Hall–Kier alpha value is -3.81. The minimum Gasteiger partial charge on any atom is -0.497 e. The summed E-state index contributed by atoms with van der Waals surface area (Å²) >= 11 is 0. The van der Waals surface area contributed by atoms with E-state index in [9.17, 15) is 4.79 Å². The van der Waals surface area contributed by atoms with E-state index in [1.165, 1.54) is 5.56 Å². The van der Waals surface area contributed by atoms with Crippen LogP contribution < -0.4 is 14.8 Å². The number of benzene rings is 3. The maximum atomic E-state index is 13.3. The number of methoxy groups -OCH3 is 1. The minimum atomic E-state index is -0.0962. The van der Waals surface area contributed by atoms with E-state index in [4.69, 9.17) is 14.2 Å². The van der Waals surface area contributed by atoms with Crippen molar-refractivity contribution in [1.29, 1.82) is 0 Å². The molecule has 0 unspecified atom stereocenters. The van der Waals surface area contributed by atoms with E-state index in [0.29, 0.717) is 19.6 Å². The van der Waals surface area contributed by atoms with E-state index in [2.05, 4.69) is 69.5 Å². The highest BCUT2D eigenvalue weighted by molar-refractivity contribution is 5.86. The van der Waals surface area contributed by atoms with Crippen molar-refractivity contribution in [3.8, 4) is 11.5 Å². The quantitative estimate of drug-likeness (QED) is 0.271. The number of hydrogen-bond acceptors (Lipinski definition) is 5. The predicted molar refractivity (Wildman–Crippen MR) is 158 cm³/mol. The zero-order chi connectivity index (χ0) is 27.7. The van der Waals surface area contributed by atoms with Crippen molar-refractivity contribution in [3.05, 3.63) is 95.7 Å². The van der Waals surface area contributed by atoms with Gasteiger partial charge in [0, 0.05) is 62.2 Å². The summed E-state index contributed by atoms with van der Waals surface area (Å²) in [6.07, 6.45) is 2.59. The molecule has 1 saturated heterocycles. The zero-order valence-corrected chi connectivity index (χ0v) is 23.5. The van der Waals surface area contributed by atoms with Crippen LogP contribution in [0.15, 0.2) is 79.0 Å². The van der Waals surface area contributed by atoms with Crippen LogP contribution in [-0.2, 0) is 16.1 Å². The molecule has 0 spiro atoms. The Morgan fingerprint density at radius 3 is 2.42 bits per heavy atom. The molecule has 7 nitrogen and oxygen atoms in total. The van der Waals surface area contributed by atoms with Crippen LogP contribution in [0.4, 0.5) is 0 Å². The Labute approximate surface area is 236 Å². The fraction of sp³-hybridized carbons (Fsp3) is 0.364. The maximum absolute atomic E-state index is 13.3. The summed E-state index contributed by atoms with van der Waals surface area (Å²) in [7, 11) is 1.68. The highest BCUT2D eigenvalue weighted by atomic mass is 16.5. The number of aromatic nitrogens is 1. The molecular formula is C33H39N3O4. The first-order valence-electron chi connectivity index (χ1n) is 14.1. The topological polar surface area (TPSA) is 65.0 Å². The second kappa shape index (κ2) is 13.5. The molecule has 2 heterocycles. The normalized spacial score (nSPS) is 14.7. The molecule has 1 atom stereocenters. The number of para-hydroxylation sites is 1. The van der Waals surface area contributed by atoms with E-state index in [1.54, 1.807) is 7.11 Å². The molecule has 0 bridgehead atoms. The average molecular weight is 542 g/mol. The predicted octanol–water partition coefficient (Wildman–Crippen LogP) is 5.07. The number of hydrogen-bond donors (Lipinski definition) is 1. The van der Waals surface area contributed by atoms with Gasteiger partial charge >= 0.3 is 0 Å². The van der Waals surface area contributed by atoms with Crippen molar-refractivity contribution in [2.24, 2.45) is 0 Å². The van der Waals surface area contributed by atoms with Gasteiger partial charge < -0.3 is 24.1 Å². The number of nitrogens with zero attached hydrogens (tertiary/aromatic N) is 2. The summed E-state index contributed by atoms with van der Waals surface area (Å²) in [5.74, 6) is 1.64. The summed E-state index contributed by atoms with van der Waals surface area (Å²) in [4.78, 5) is 15.6. The largest absolute Gasteiger partial charge is 0.497 e. The van der Waals surface area contributed by atoms with E-state index in [1.807, 2.05) is 31.2 Å². The minimum absolute atomic E-state index is 0.0547. The lowest BCUT2D eigenvalue weighted by atomic mass is 9.88. The molecule has 0 saturated carbocycles. The van der Waals surface area contributed by atoms with E-state index in [-0.39, 0.29) is 11.8 Å². The fourth-order valence-corrected chi connectivity index (χ4v) is 5.42. The van der Waals surface area contributed by atoms with E-state index < -0.39 is 0 Å². The number of ether oxygens (including phenoxy) is 3. The van der Waals surface area contributed by atoms with Crippen molar-refractivity contribution in [2.45, 2.75) is 25.8 Å². The van der Waals surface area contributed by atoms with Gasteiger partial charge in [-0.1, -0.05) is 42.5 Å². The summed E-state index contributed by atoms with van der Waals surface area (Å²) in [5, 5.41) is 4.34. The lowest BCUT2D eigenvalue weighted by Crippen LogP contribution is -2.41. The Kier molecular flexibility index (Phi) is 9.37. The monoisotopic (exact) mass is 541 g/mol. The fourth-order valence-electron chi connectivity index (χ4n) is 5.42. The molecule has 40 heavy (non-hydrogen) atoms. The molecule has 7 heteroatoms. The van der Waals surface area contributed by atoms with Crippen molar-refractivity contribution in [1.82, 2.24) is 14.8 Å². The lowest BCUT2D eigenvalue weighted by Gasteiger charge is -2.26. The van der Waals surface area contributed by atoms with Gasteiger partial charge in [-0.3, -0.25) is 9.69 Å². The standard InChI is InChI=1S/C33H39N3O4/c1-3-40-28-14-10-26(11-15-28)30(22-33(37)34-16-17-35-18-20-39-21-19-35)31-24-36(32-7-5-4-6-29(31)32)23-25-8-12-27(38-2)13-9-25/h4-15,24,30H,3,16-23H2,1-2H3,(H,34,37)/t30-/m1/s1. The number of amides is 1. The molecule has 210 valence electrons. The van der Waals surface area contributed by atoms with Crippen molar-refractivity contribution in [2.75, 3.05) is 53.1 Å². The molecule has 1 fully saturated rings. The van der Waals surface area contributed by atoms with Gasteiger partial charge in [-0.2, -0.15) is 0 Å². The van der Waals surface area contributed by atoms with Gasteiger partial charge in [-0.05, 0) is 53.9 Å². The Morgan fingerprint density at radius 2 is 1.70 bits per heavy atom. The summed E-state index contributed by atoms with van der Waals surface area (Å²) in [6, 6.07) is 24.8. The van der Waals surface area contributed by atoms with Crippen LogP contribution in [0.1, 0.15) is 36.0 Å². The van der Waals surface area contributed by atoms with Crippen LogP contribution in [0.25, 0.3) is 10.9 Å². The molecule has 1 N–H and O–H groups in total. The molecule has 0 radical (unpaired) electrons. The molecule has 1 aromatic heterocycles. The Bertz CT molecular complexity index is 1380. The second-order valence-corrected chi connectivity index (χ2v) is 10.1. The summed E-state index contributed by atoms with van der Waals surface area (Å²) < 4.78 is 18.7. The van der Waals surface area contributed by atoms with Crippen LogP contribution in [0.3, 0.4) is 0 Å². The van der Waals surface area contributed by atoms with Crippen LogP contribution >= 0.6 is 0 Å². The molecular weight excluding hydrogens is 502 g/mol. The van der Waals surface area contributed by atoms with Crippen LogP contribution in [0.5, 0.6) is 11.5 Å². The highest BCUT2D eigenvalue weighted by Gasteiger charge is 2.23. The molecule has 1 aliphatic heterocycles. The summed E-state index contributed by atoms with van der Waals surface area (Å²) in [5.41, 5.74) is 4.58. The SMILES string of the molecule is CCOc1ccc([C@@H](CC(=O)NCCN2CCOCC2)c2cn(Cc3ccc(OC)cc3)c3ccccc23)cc1. The van der Waals surface area contributed by atoms with E-state index in [0.717, 1.165) is 72.9 Å². The van der Waals surface area contributed by atoms with E-state index >= 15 is 0 Å². The number of fused-ring (bicyclic) bond motifs is 1. The third-order valence-electron chi connectivity index (χ3n) is 7.54. The lowest BCUT2D eigenvalue weighted by molar-refractivity contribution is -0.121. The van der Waals surface area contributed by atoms with Crippen molar-refractivity contribution < 1.29 is 19.0 Å². The second-order valence-electron chi connectivity index (χ2n) is 10.1. The van der Waals surface area contributed by atoms with Gasteiger partial charge in [0.15, 0.2) is 0 Å². The van der Waals surface area contributed by atoms with Gasteiger partial charge in [0.1, 0.15) is 11.5 Å². The smallest absolute Gasteiger partial charge is 0.220 e. The Morgan fingerprint density at radius 1 is 0.975 bits per heavy atom. The van der Waals surface area contributed by atoms with Gasteiger partial charge in [0.05, 0.1) is 26.9 Å². The van der Waals surface area contributed by atoms with Gasteiger partial charge in [0.2, 0.25) is 5.91 Å². The first-order chi connectivity index (χ1) is 19.6. The summed E-state index contributed by atoms with van der Waals surface area (Å²) in [6.45, 7) is 8.15. The highest BCUT2D eigenvalue weighted by Crippen LogP contribution is 2.36. The van der Waals surface area contributed by atoms with Crippen LogP contribution in [0.2, 0.25) is 0 Å². The number of carbonyl (C=O) groups is 1. The molecule has 0 aliphatic carbocycles. The maximum Gasteiger partial charge on any atom is 0.220 e.